The lowest BCUT2D eigenvalue weighted by Gasteiger charge is -2.19. The molecule has 92 valence electrons. The summed E-state index contributed by atoms with van der Waals surface area (Å²) in [4.78, 5) is 0. The average molecular weight is 296 g/mol. The molecule has 0 heterocycles. The van der Waals surface area contributed by atoms with E-state index in [-0.39, 0.29) is 6.10 Å². The summed E-state index contributed by atoms with van der Waals surface area (Å²) < 4.78 is 7.09. The van der Waals surface area contributed by atoms with Crippen molar-refractivity contribution in [3.8, 4) is 5.75 Å². The van der Waals surface area contributed by atoms with E-state index in [1.54, 1.807) is 0 Å². The highest BCUT2D eigenvalue weighted by Gasteiger charge is 2.10. The number of halogens is 1. The van der Waals surface area contributed by atoms with Crippen LogP contribution in [0.3, 0.4) is 0 Å². The molecule has 2 rings (SSSR count). The van der Waals surface area contributed by atoms with Gasteiger partial charge >= 0.3 is 0 Å². The van der Waals surface area contributed by atoms with Crippen molar-refractivity contribution >= 4 is 15.9 Å². The molecule has 0 spiro atoms. The molecule has 1 aromatic rings. The molecular weight excluding hydrogens is 278 g/mol. The minimum absolute atomic E-state index is 0.243. The molecule has 1 N–H and O–H groups in total. The first-order valence-corrected chi connectivity index (χ1v) is 6.85. The van der Waals surface area contributed by atoms with Crippen LogP contribution in [0, 0.1) is 0 Å². The molecular formula is C14H18BrNO. The fourth-order valence-electron chi connectivity index (χ4n) is 2.00. The maximum atomic E-state index is 5.96. The first-order chi connectivity index (χ1) is 8.29. The molecule has 1 aliphatic carbocycles. The van der Waals surface area contributed by atoms with Gasteiger partial charge in [-0.3, -0.25) is 0 Å². The van der Waals surface area contributed by atoms with Gasteiger partial charge in [0.1, 0.15) is 11.9 Å². The van der Waals surface area contributed by atoms with Crippen molar-refractivity contribution in [3.05, 3.63) is 40.4 Å². The first-order valence-electron chi connectivity index (χ1n) is 6.06. The van der Waals surface area contributed by atoms with E-state index in [0.717, 1.165) is 23.2 Å². The predicted octanol–water partition coefficient (Wildman–Crippen LogP) is 3.66. The second-order valence-corrected chi connectivity index (χ2v) is 5.15. The highest BCUT2D eigenvalue weighted by atomic mass is 79.9. The topological polar surface area (TPSA) is 21.3 Å². The van der Waals surface area contributed by atoms with Crippen LogP contribution in [0.2, 0.25) is 0 Å². The van der Waals surface area contributed by atoms with Crippen molar-refractivity contribution in [2.75, 3.05) is 7.05 Å². The molecule has 0 bridgehead atoms. The van der Waals surface area contributed by atoms with Crippen LogP contribution in [0.25, 0.3) is 0 Å². The number of benzene rings is 1. The summed E-state index contributed by atoms with van der Waals surface area (Å²) in [7, 11) is 1.95. The third-order valence-electron chi connectivity index (χ3n) is 2.88. The summed E-state index contributed by atoms with van der Waals surface area (Å²) in [5, 5.41) is 3.16. The van der Waals surface area contributed by atoms with E-state index in [0.29, 0.717) is 0 Å². The van der Waals surface area contributed by atoms with Gasteiger partial charge in [-0.05, 0) is 56.1 Å². The molecule has 0 saturated carbocycles. The maximum absolute atomic E-state index is 5.96. The van der Waals surface area contributed by atoms with Crippen molar-refractivity contribution < 1.29 is 4.74 Å². The van der Waals surface area contributed by atoms with Gasteiger partial charge in [-0.1, -0.05) is 22.0 Å². The zero-order valence-electron chi connectivity index (χ0n) is 10.1. The van der Waals surface area contributed by atoms with Gasteiger partial charge in [-0.15, -0.1) is 0 Å². The Morgan fingerprint density at radius 3 is 3.06 bits per heavy atom. The highest BCUT2D eigenvalue weighted by molar-refractivity contribution is 9.10. The summed E-state index contributed by atoms with van der Waals surface area (Å²) >= 11 is 3.55. The smallest absolute Gasteiger partial charge is 0.120 e. The van der Waals surface area contributed by atoms with Crippen molar-refractivity contribution in [2.45, 2.75) is 31.9 Å². The number of ether oxygens (including phenoxy) is 1. The first kappa shape index (κ1) is 12.7. The van der Waals surface area contributed by atoms with Crippen LogP contribution < -0.4 is 10.1 Å². The number of rotatable bonds is 4. The Morgan fingerprint density at radius 1 is 1.47 bits per heavy atom. The van der Waals surface area contributed by atoms with Crippen LogP contribution in [0.15, 0.2) is 34.8 Å². The fourth-order valence-corrected chi connectivity index (χ4v) is 2.39. The second kappa shape index (κ2) is 6.22. The number of hydrogen-bond donors (Lipinski definition) is 1. The van der Waals surface area contributed by atoms with E-state index in [1.807, 2.05) is 13.1 Å². The third-order valence-corrected chi connectivity index (χ3v) is 3.66. The minimum atomic E-state index is 0.243. The van der Waals surface area contributed by atoms with Crippen LogP contribution in [0.5, 0.6) is 5.75 Å². The Balaban J connectivity index is 2.07. The summed E-state index contributed by atoms with van der Waals surface area (Å²) in [6, 6.07) is 6.17. The maximum Gasteiger partial charge on any atom is 0.120 e. The average Bonchev–Trinajstić information content (AvgIpc) is 2.35. The Kier molecular flexibility index (Phi) is 4.63. The predicted molar refractivity (Wildman–Crippen MR) is 74.3 cm³/mol. The summed E-state index contributed by atoms with van der Waals surface area (Å²) in [6.07, 6.45) is 8.15. The van der Waals surface area contributed by atoms with Crippen molar-refractivity contribution in [1.82, 2.24) is 5.32 Å². The SMILES string of the molecule is CNCc1cc(OC2C=CCCC2)ccc1Br. The van der Waals surface area contributed by atoms with Crippen LogP contribution in [-0.4, -0.2) is 13.2 Å². The molecule has 0 aromatic heterocycles. The van der Waals surface area contributed by atoms with Crippen LogP contribution >= 0.6 is 15.9 Å². The second-order valence-electron chi connectivity index (χ2n) is 4.30. The van der Waals surface area contributed by atoms with E-state index in [4.69, 9.17) is 4.74 Å². The van der Waals surface area contributed by atoms with Crippen LogP contribution in [0.1, 0.15) is 24.8 Å². The number of allylic oxidation sites excluding steroid dienone is 1. The Morgan fingerprint density at radius 2 is 2.35 bits per heavy atom. The van der Waals surface area contributed by atoms with Crippen LogP contribution in [-0.2, 0) is 6.54 Å². The summed E-state index contributed by atoms with van der Waals surface area (Å²) in [6.45, 7) is 0.846. The molecule has 0 amide bonds. The molecule has 0 radical (unpaired) electrons. The van der Waals surface area contributed by atoms with Gasteiger partial charge in [0, 0.05) is 11.0 Å². The molecule has 17 heavy (non-hydrogen) atoms. The molecule has 0 aliphatic heterocycles. The van der Waals surface area contributed by atoms with E-state index in [2.05, 4.69) is 45.5 Å². The van der Waals surface area contributed by atoms with Crippen molar-refractivity contribution in [2.24, 2.45) is 0 Å². The monoisotopic (exact) mass is 295 g/mol. The van der Waals surface area contributed by atoms with E-state index in [1.165, 1.54) is 18.4 Å². The Hall–Kier alpha value is -0.800. The standard InChI is InChI=1S/C14H18BrNO/c1-16-10-11-9-13(7-8-14(11)15)17-12-5-3-2-4-6-12/h3,5,7-9,12,16H,2,4,6,10H2,1H3. The van der Waals surface area contributed by atoms with Gasteiger partial charge < -0.3 is 10.1 Å². The number of hydrogen-bond acceptors (Lipinski definition) is 2. The molecule has 1 aromatic carbocycles. The van der Waals surface area contributed by atoms with E-state index >= 15 is 0 Å². The third kappa shape index (κ3) is 3.58. The molecule has 3 heteroatoms. The highest BCUT2D eigenvalue weighted by Crippen LogP contribution is 2.25. The lowest BCUT2D eigenvalue weighted by atomic mass is 10.1. The lowest BCUT2D eigenvalue weighted by Crippen LogP contribution is -2.16. The zero-order chi connectivity index (χ0) is 12.1. The Labute approximate surface area is 111 Å². The largest absolute Gasteiger partial charge is 0.486 e. The number of nitrogens with one attached hydrogen (secondary N) is 1. The van der Waals surface area contributed by atoms with Gasteiger partial charge in [0.15, 0.2) is 0 Å². The van der Waals surface area contributed by atoms with Gasteiger partial charge in [-0.2, -0.15) is 0 Å². The fraction of sp³-hybridized carbons (Fsp3) is 0.429. The van der Waals surface area contributed by atoms with Gasteiger partial charge in [0.2, 0.25) is 0 Å². The molecule has 1 unspecified atom stereocenters. The van der Waals surface area contributed by atoms with Crippen molar-refractivity contribution in [1.29, 1.82) is 0 Å². The normalized spacial score (nSPS) is 19.3. The van der Waals surface area contributed by atoms with E-state index in [9.17, 15) is 0 Å². The Bertz CT molecular complexity index is 403. The molecule has 2 nitrogen and oxygen atoms in total. The summed E-state index contributed by atoms with van der Waals surface area (Å²) in [5.74, 6) is 0.954. The molecule has 0 fully saturated rings. The van der Waals surface area contributed by atoms with Crippen LogP contribution in [0.4, 0.5) is 0 Å². The van der Waals surface area contributed by atoms with Gasteiger partial charge in [0.05, 0.1) is 0 Å². The summed E-state index contributed by atoms with van der Waals surface area (Å²) in [5.41, 5.74) is 1.23. The van der Waals surface area contributed by atoms with Gasteiger partial charge in [0.25, 0.3) is 0 Å². The lowest BCUT2D eigenvalue weighted by molar-refractivity contribution is 0.229. The quantitative estimate of drug-likeness (QED) is 0.856. The minimum Gasteiger partial charge on any atom is -0.486 e. The molecule has 0 saturated heterocycles. The molecule has 1 atom stereocenters. The van der Waals surface area contributed by atoms with E-state index < -0.39 is 0 Å². The van der Waals surface area contributed by atoms with Gasteiger partial charge in [-0.25, -0.2) is 0 Å². The molecule has 1 aliphatic rings. The van der Waals surface area contributed by atoms with Crippen molar-refractivity contribution in [3.63, 3.8) is 0 Å². The zero-order valence-corrected chi connectivity index (χ0v) is 11.7.